The van der Waals surface area contributed by atoms with Crippen LogP contribution in [0.1, 0.15) is 18.4 Å². The quantitative estimate of drug-likeness (QED) is 0.839. The molecule has 0 bridgehead atoms. The van der Waals surface area contributed by atoms with Gasteiger partial charge in [-0.2, -0.15) is 0 Å². The first kappa shape index (κ1) is 12.3. The molecule has 0 saturated carbocycles. The predicted molar refractivity (Wildman–Crippen MR) is 63.7 cm³/mol. The van der Waals surface area contributed by atoms with Crippen LogP contribution < -0.4 is 10.1 Å². The molecule has 0 aromatic heterocycles. The Morgan fingerprint density at radius 2 is 2.12 bits per heavy atom. The molecule has 1 aliphatic heterocycles. The van der Waals surface area contributed by atoms with Crippen molar-refractivity contribution in [3.8, 4) is 5.75 Å². The molecule has 0 atom stereocenters. The highest BCUT2D eigenvalue weighted by molar-refractivity contribution is 5.35. The maximum Gasteiger partial charge on any atom is 0.126 e. The molecule has 4 heteroatoms. The molecular formula is C13H18FNO2. The second kappa shape index (κ2) is 5.02. The summed E-state index contributed by atoms with van der Waals surface area (Å²) in [5.41, 5.74) is 0.161. The second-order valence-corrected chi connectivity index (χ2v) is 4.61. The lowest BCUT2D eigenvalue weighted by molar-refractivity contribution is 0.0104. The molecule has 1 fully saturated rings. The van der Waals surface area contributed by atoms with Crippen LogP contribution in [0.15, 0.2) is 18.2 Å². The molecule has 17 heavy (non-hydrogen) atoms. The number of hydrogen-bond acceptors (Lipinski definition) is 3. The minimum atomic E-state index is -0.698. The summed E-state index contributed by atoms with van der Waals surface area (Å²) in [5.74, 6) is 0.194. The summed E-state index contributed by atoms with van der Waals surface area (Å²) in [6.07, 6.45) is 1.94. The number of benzene rings is 1. The Kier molecular flexibility index (Phi) is 3.64. The fourth-order valence-corrected chi connectivity index (χ4v) is 2.29. The van der Waals surface area contributed by atoms with Gasteiger partial charge in [0.25, 0.3) is 0 Å². The molecule has 94 valence electrons. The molecule has 1 saturated heterocycles. The van der Waals surface area contributed by atoms with Crippen molar-refractivity contribution < 1.29 is 14.2 Å². The maximum absolute atomic E-state index is 13.1. The molecule has 1 aromatic rings. The van der Waals surface area contributed by atoms with Gasteiger partial charge >= 0.3 is 0 Å². The van der Waals surface area contributed by atoms with Crippen LogP contribution in [0.2, 0.25) is 0 Å². The van der Waals surface area contributed by atoms with Crippen LogP contribution in [-0.2, 0) is 6.42 Å². The van der Waals surface area contributed by atoms with E-state index in [0.29, 0.717) is 25.0 Å². The third-order valence-electron chi connectivity index (χ3n) is 3.30. The Bertz CT molecular complexity index is 389. The van der Waals surface area contributed by atoms with E-state index >= 15 is 0 Å². The summed E-state index contributed by atoms with van der Waals surface area (Å²) >= 11 is 0. The molecule has 2 rings (SSSR count). The van der Waals surface area contributed by atoms with Crippen LogP contribution in [-0.4, -0.2) is 30.9 Å². The van der Waals surface area contributed by atoms with Crippen molar-refractivity contribution in [1.29, 1.82) is 0 Å². The van der Waals surface area contributed by atoms with Gasteiger partial charge in [-0.05, 0) is 37.6 Å². The van der Waals surface area contributed by atoms with Crippen LogP contribution in [0.3, 0.4) is 0 Å². The molecular weight excluding hydrogens is 221 g/mol. The number of aliphatic hydroxyl groups is 1. The molecule has 1 heterocycles. The van der Waals surface area contributed by atoms with Gasteiger partial charge in [-0.15, -0.1) is 0 Å². The minimum Gasteiger partial charge on any atom is -0.496 e. The van der Waals surface area contributed by atoms with Crippen molar-refractivity contribution in [2.24, 2.45) is 0 Å². The van der Waals surface area contributed by atoms with Gasteiger partial charge in [0.2, 0.25) is 0 Å². The highest BCUT2D eigenvalue weighted by Crippen LogP contribution is 2.28. The number of ether oxygens (including phenoxy) is 1. The van der Waals surface area contributed by atoms with E-state index in [1.54, 1.807) is 6.07 Å². The first-order valence-corrected chi connectivity index (χ1v) is 5.88. The van der Waals surface area contributed by atoms with Crippen LogP contribution >= 0.6 is 0 Å². The van der Waals surface area contributed by atoms with Crippen molar-refractivity contribution in [2.45, 2.75) is 24.9 Å². The number of hydrogen-bond donors (Lipinski definition) is 2. The number of nitrogens with one attached hydrogen (secondary N) is 1. The third-order valence-corrected chi connectivity index (χ3v) is 3.30. The van der Waals surface area contributed by atoms with E-state index in [2.05, 4.69) is 5.32 Å². The molecule has 0 aliphatic carbocycles. The Morgan fingerprint density at radius 3 is 2.76 bits per heavy atom. The van der Waals surface area contributed by atoms with Gasteiger partial charge in [0.15, 0.2) is 0 Å². The lowest BCUT2D eigenvalue weighted by atomic mass is 9.86. The molecule has 1 aromatic carbocycles. The van der Waals surface area contributed by atoms with E-state index in [1.807, 2.05) is 0 Å². The van der Waals surface area contributed by atoms with Crippen molar-refractivity contribution in [3.05, 3.63) is 29.6 Å². The summed E-state index contributed by atoms with van der Waals surface area (Å²) < 4.78 is 18.2. The normalized spacial score (nSPS) is 19.0. The van der Waals surface area contributed by atoms with Crippen LogP contribution in [0.4, 0.5) is 4.39 Å². The Labute approximate surface area is 101 Å². The Hall–Kier alpha value is -1.13. The van der Waals surface area contributed by atoms with E-state index in [-0.39, 0.29) is 5.82 Å². The number of methoxy groups -OCH3 is 1. The molecule has 0 radical (unpaired) electrons. The maximum atomic E-state index is 13.1. The summed E-state index contributed by atoms with van der Waals surface area (Å²) in [6.45, 7) is 1.64. The van der Waals surface area contributed by atoms with Gasteiger partial charge in [-0.3, -0.25) is 0 Å². The first-order chi connectivity index (χ1) is 8.13. The lowest BCUT2D eigenvalue weighted by Gasteiger charge is -2.33. The zero-order chi connectivity index (χ0) is 12.3. The summed E-state index contributed by atoms with van der Waals surface area (Å²) in [5, 5.41) is 13.6. The third kappa shape index (κ3) is 2.96. The smallest absolute Gasteiger partial charge is 0.126 e. The highest BCUT2D eigenvalue weighted by Gasteiger charge is 2.30. The topological polar surface area (TPSA) is 41.5 Å². The minimum absolute atomic E-state index is 0.317. The summed E-state index contributed by atoms with van der Waals surface area (Å²) in [6, 6.07) is 4.45. The van der Waals surface area contributed by atoms with Crippen molar-refractivity contribution in [3.63, 3.8) is 0 Å². The number of halogens is 1. The Balaban J connectivity index is 2.17. The number of rotatable bonds is 3. The van der Waals surface area contributed by atoms with Crippen LogP contribution in [0.5, 0.6) is 5.75 Å². The standard InChI is InChI=1S/C13H18FNO2/c1-17-12-8-11(14)3-2-10(12)9-13(16)4-6-15-7-5-13/h2-3,8,15-16H,4-7,9H2,1H3. The second-order valence-electron chi connectivity index (χ2n) is 4.61. The molecule has 0 spiro atoms. The van der Waals surface area contributed by atoms with E-state index in [1.165, 1.54) is 19.2 Å². The fraction of sp³-hybridized carbons (Fsp3) is 0.538. The zero-order valence-corrected chi connectivity index (χ0v) is 10.0. The SMILES string of the molecule is COc1cc(F)ccc1CC1(O)CCNCC1. The van der Waals surface area contributed by atoms with E-state index < -0.39 is 5.60 Å². The molecule has 2 N–H and O–H groups in total. The first-order valence-electron chi connectivity index (χ1n) is 5.88. The lowest BCUT2D eigenvalue weighted by Crippen LogP contribution is -2.43. The average Bonchev–Trinajstić information content (AvgIpc) is 2.32. The molecule has 1 aliphatic rings. The van der Waals surface area contributed by atoms with Gasteiger partial charge in [0.1, 0.15) is 11.6 Å². The monoisotopic (exact) mass is 239 g/mol. The molecule has 0 amide bonds. The average molecular weight is 239 g/mol. The van der Waals surface area contributed by atoms with Crippen molar-refractivity contribution in [1.82, 2.24) is 5.32 Å². The predicted octanol–water partition coefficient (Wildman–Crippen LogP) is 1.49. The van der Waals surface area contributed by atoms with Crippen LogP contribution in [0.25, 0.3) is 0 Å². The highest BCUT2D eigenvalue weighted by atomic mass is 19.1. The summed E-state index contributed by atoms with van der Waals surface area (Å²) in [4.78, 5) is 0. The largest absolute Gasteiger partial charge is 0.496 e. The summed E-state index contributed by atoms with van der Waals surface area (Å²) in [7, 11) is 1.52. The van der Waals surface area contributed by atoms with Gasteiger partial charge in [-0.1, -0.05) is 6.07 Å². The molecule has 0 unspecified atom stereocenters. The van der Waals surface area contributed by atoms with Crippen molar-refractivity contribution in [2.75, 3.05) is 20.2 Å². The number of piperidine rings is 1. The van der Waals surface area contributed by atoms with Crippen molar-refractivity contribution >= 4 is 0 Å². The molecule has 3 nitrogen and oxygen atoms in total. The van der Waals surface area contributed by atoms with Gasteiger partial charge in [-0.25, -0.2) is 4.39 Å². The van der Waals surface area contributed by atoms with Gasteiger partial charge < -0.3 is 15.2 Å². The van der Waals surface area contributed by atoms with E-state index in [0.717, 1.165) is 18.7 Å². The van der Waals surface area contributed by atoms with E-state index in [9.17, 15) is 9.50 Å². The van der Waals surface area contributed by atoms with Gasteiger partial charge in [0.05, 0.1) is 12.7 Å². The Morgan fingerprint density at radius 1 is 1.41 bits per heavy atom. The van der Waals surface area contributed by atoms with Crippen LogP contribution in [0, 0.1) is 5.82 Å². The van der Waals surface area contributed by atoms with Gasteiger partial charge in [0, 0.05) is 12.5 Å². The fourth-order valence-electron chi connectivity index (χ4n) is 2.29. The zero-order valence-electron chi connectivity index (χ0n) is 10.0. The van der Waals surface area contributed by atoms with E-state index in [4.69, 9.17) is 4.74 Å².